The molecule has 0 aromatic heterocycles. The first-order valence-electron chi connectivity index (χ1n) is 7.33. The Morgan fingerprint density at radius 1 is 1.36 bits per heavy atom. The molecule has 1 aromatic carbocycles. The molecule has 1 saturated heterocycles. The van der Waals surface area contributed by atoms with Crippen molar-refractivity contribution in [2.24, 2.45) is 23.7 Å². The number of hydrogen-bond donors (Lipinski definition) is 1. The Labute approximate surface area is 141 Å². The van der Waals surface area contributed by atoms with Crippen molar-refractivity contribution in [1.82, 2.24) is 0 Å². The van der Waals surface area contributed by atoms with Crippen LogP contribution in [-0.2, 0) is 14.3 Å². The molecule has 0 spiro atoms. The highest BCUT2D eigenvalue weighted by molar-refractivity contribution is 14.1. The van der Waals surface area contributed by atoms with Crippen LogP contribution < -0.4 is 4.74 Å². The number of fused-ring (bicyclic) bond motifs is 1. The zero-order chi connectivity index (χ0) is 15.6. The number of aliphatic hydroxyl groups excluding tert-OH is 1. The first-order valence-corrected chi connectivity index (χ1v) is 8.41. The highest BCUT2D eigenvalue weighted by atomic mass is 127. The minimum Gasteiger partial charge on any atom is -0.459 e. The van der Waals surface area contributed by atoms with Crippen LogP contribution in [0.5, 0.6) is 5.75 Å². The molecule has 1 heterocycles. The van der Waals surface area contributed by atoms with Gasteiger partial charge in [0.2, 0.25) is 0 Å². The van der Waals surface area contributed by atoms with Crippen LogP contribution in [-0.4, -0.2) is 29.3 Å². The number of aliphatic hydroxyl groups is 1. The SMILES string of the molecule is Cc1cc(I)cc(OC(=O)C2C3CC4C(OC(=O)C42)C3O)c1. The molecule has 1 aromatic rings. The van der Waals surface area contributed by atoms with E-state index in [1.54, 1.807) is 12.1 Å². The summed E-state index contributed by atoms with van der Waals surface area (Å²) in [5.41, 5.74) is 1.00. The lowest BCUT2D eigenvalue weighted by molar-refractivity contribution is -0.149. The molecule has 6 unspecified atom stereocenters. The number of carbonyl (C=O) groups is 2. The molecular formula is C16H15IO5. The van der Waals surface area contributed by atoms with E-state index in [-0.39, 0.29) is 17.8 Å². The average Bonchev–Trinajstić information content (AvgIpc) is 3.01. The fourth-order valence-corrected chi connectivity index (χ4v) is 5.08. The molecule has 3 fully saturated rings. The largest absolute Gasteiger partial charge is 0.459 e. The summed E-state index contributed by atoms with van der Waals surface area (Å²) in [6.07, 6.45) is -0.512. The second-order valence-corrected chi connectivity index (χ2v) is 7.64. The van der Waals surface area contributed by atoms with Crippen LogP contribution in [0.3, 0.4) is 0 Å². The van der Waals surface area contributed by atoms with Crippen molar-refractivity contribution in [1.29, 1.82) is 0 Å². The summed E-state index contributed by atoms with van der Waals surface area (Å²) < 4.78 is 11.7. The standard InChI is InChI=1S/C16H15IO5/c1-6-2-7(17)4-8(3-6)21-15(19)11-9-5-10-12(11)16(20)22-14(10)13(9)18/h2-4,9-14,18H,5H2,1H3. The molecule has 5 nitrogen and oxygen atoms in total. The number of carbonyl (C=O) groups excluding carboxylic acids is 2. The van der Waals surface area contributed by atoms with Gasteiger partial charge in [-0.1, -0.05) is 0 Å². The second kappa shape index (κ2) is 4.92. The summed E-state index contributed by atoms with van der Waals surface area (Å²) in [5.74, 6) is -1.63. The van der Waals surface area contributed by atoms with Gasteiger partial charge >= 0.3 is 11.9 Å². The third-order valence-electron chi connectivity index (χ3n) is 5.08. The molecule has 2 saturated carbocycles. The molecule has 116 valence electrons. The van der Waals surface area contributed by atoms with Crippen LogP contribution in [0, 0.1) is 34.2 Å². The van der Waals surface area contributed by atoms with E-state index in [1.807, 2.05) is 13.0 Å². The van der Waals surface area contributed by atoms with E-state index < -0.39 is 30.0 Å². The van der Waals surface area contributed by atoms with Crippen LogP contribution in [0.4, 0.5) is 0 Å². The van der Waals surface area contributed by atoms with Gasteiger partial charge in [-0.25, -0.2) is 0 Å². The molecular weight excluding hydrogens is 399 g/mol. The predicted molar refractivity (Wildman–Crippen MR) is 84.0 cm³/mol. The van der Waals surface area contributed by atoms with E-state index in [2.05, 4.69) is 22.6 Å². The predicted octanol–water partition coefficient (Wildman–Crippen LogP) is 1.67. The van der Waals surface area contributed by atoms with Crippen molar-refractivity contribution >= 4 is 34.5 Å². The van der Waals surface area contributed by atoms with E-state index >= 15 is 0 Å². The van der Waals surface area contributed by atoms with Gasteiger partial charge in [0, 0.05) is 15.4 Å². The van der Waals surface area contributed by atoms with Crippen molar-refractivity contribution in [3.63, 3.8) is 0 Å². The summed E-state index contributed by atoms with van der Waals surface area (Å²) in [6.45, 7) is 1.93. The van der Waals surface area contributed by atoms with Crippen molar-refractivity contribution in [2.45, 2.75) is 25.6 Å². The minimum atomic E-state index is -0.747. The Hall–Kier alpha value is -1.15. The lowest BCUT2D eigenvalue weighted by atomic mass is 9.78. The fraction of sp³-hybridized carbons (Fsp3) is 0.500. The number of hydrogen-bond acceptors (Lipinski definition) is 5. The summed E-state index contributed by atoms with van der Waals surface area (Å²) in [6, 6.07) is 5.56. The number of esters is 2. The number of benzene rings is 1. The molecule has 6 atom stereocenters. The number of aryl methyl sites for hydroxylation is 1. The average molecular weight is 414 g/mol. The van der Waals surface area contributed by atoms with Gasteiger partial charge in [0.25, 0.3) is 0 Å². The quantitative estimate of drug-likeness (QED) is 0.453. The smallest absolute Gasteiger partial charge is 0.315 e. The van der Waals surface area contributed by atoms with Crippen molar-refractivity contribution in [3.05, 3.63) is 27.3 Å². The van der Waals surface area contributed by atoms with Crippen molar-refractivity contribution in [3.8, 4) is 5.75 Å². The molecule has 0 radical (unpaired) electrons. The van der Waals surface area contributed by atoms with Gasteiger partial charge in [-0.2, -0.15) is 0 Å². The van der Waals surface area contributed by atoms with Crippen LogP contribution in [0.2, 0.25) is 0 Å². The van der Waals surface area contributed by atoms with E-state index in [4.69, 9.17) is 9.47 Å². The molecule has 1 N–H and O–H groups in total. The lowest BCUT2D eigenvalue weighted by Crippen LogP contribution is -2.42. The van der Waals surface area contributed by atoms with E-state index in [9.17, 15) is 14.7 Å². The monoisotopic (exact) mass is 414 g/mol. The zero-order valence-corrected chi connectivity index (χ0v) is 14.0. The Morgan fingerprint density at radius 2 is 2.14 bits per heavy atom. The molecule has 0 amide bonds. The maximum atomic E-state index is 12.6. The van der Waals surface area contributed by atoms with Crippen LogP contribution in [0.25, 0.3) is 0 Å². The molecule has 6 heteroatoms. The summed E-state index contributed by atoms with van der Waals surface area (Å²) in [4.78, 5) is 24.5. The van der Waals surface area contributed by atoms with Crippen molar-refractivity contribution < 1.29 is 24.2 Å². The Morgan fingerprint density at radius 3 is 2.86 bits per heavy atom. The van der Waals surface area contributed by atoms with E-state index in [0.717, 1.165) is 9.13 Å². The number of ether oxygens (including phenoxy) is 2. The van der Waals surface area contributed by atoms with Gasteiger partial charge in [-0.15, -0.1) is 0 Å². The fourth-order valence-electron chi connectivity index (χ4n) is 4.29. The lowest BCUT2D eigenvalue weighted by Gasteiger charge is -2.26. The van der Waals surface area contributed by atoms with Gasteiger partial charge < -0.3 is 14.6 Å². The minimum absolute atomic E-state index is 0.0392. The van der Waals surface area contributed by atoms with E-state index in [0.29, 0.717) is 12.2 Å². The normalized spacial score (nSPS) is 38.2. The van der Waals surface area contributed by atoms with E-state index in [1.165, 1.54) is 0 Å². The topological polar surface area (TPSA) is 72.8 Å². The van der Waals surface area contributed by atoms with Gasteiger partial charge in [0.05, 0.1) is 17.9 Å². The first-order chi connectivity index (χ1) is 10.5. The van der Waals surface area contributed by atoms with Gasteiger partial charge in [0.15, 0.2) is 0 Å². The van der Waals surface area contributed by atoms with Crippen LogP contribution in [0.15, 0.2) is 18.2 Å². The Kier molecular flexibility index (Phi) is 3.23. The molecule has 22 heavy (non-hydrogen) atoms. The number of halogens is 1. The first kappa shape index (κ1) is 14.4. The molecule has 3 aliphatic rings. The van der Waals surface area contributed by atoms with Crippen LogP contribution >= 0.6 is 22.6 Å². The van der Waals surface area contributed by atoms with Gasteiger partial charge in [-0.05, 0) is 59.7 Å². The second-order valence-electron chi connectivity index (χ2n) is 6.39. The van der Waals surface area contributed by atoms with Gasteiger partial charge in [-0.3, -0.25) is 9.59 Å². The maximum absolute atomic E-state index is 12.6. The summed E-state index contributed by atoms with van der Waals surface area (Å²) in [7, 11) is 0. The number of rotatable bonds is 2. The highest BCUT2D eigenvalue weighted by Crippen LogP contribution is 2.58. The Bertz CT molecular complexity index is 652. The van der Waals surface area contributed by atoms with Gasteiger partial charge in [0.1, 0.15) is 11.9 Å². The summed E-state index contributed by atoms with van der Waals surface area (Å²) in [5, 5.41) is 10.2. The summed E-state index contributed by atoms with van der Waals surface area (Å²) >= 11 is 2.16. The molecule has 2 aliphatic carbocycles. The highest BCUT2D eigenvalue weighted by Gasteiger charge is 2.68. The molecule has 1 aliphatic heterocycles. The zero-order valence-electron chi connectivity index (χ0n) is 11.9. The molecule has 2 bridgehead atoms. The third-order valence-corrected chi connectivity index (χ3v) is 5.70. The van der Waals surface area contributed by atoms with Crippen LogP contribution in [0.1, 0.15) is 12.0 Å². The Balaban J connectivity index is 1.59. The van der Waals surface area contributed by atoms with Crippen molar-refractivity contribution in [2.75, 3.05) is 0 Å². The maximum Gasteiger partial charge on any atom is 0.315 e. The molecule has 4 rings (SSSR count). The third kappa shape index (κ3) is 2.00.